The number of carbonyl (C=O) groups excluding carboxylic acids is 1. The molecule has 1 aliphatic carbocycles. The number of aryl methyl sites for hydroxylation is 2. The van der Waals surface area contributed by atoms with Gasteiger partial charge in [0, 0.05) is 24.4 Å². The van der Waals surface area contributed by atoms with Gasteiger partial charge >= 0.3 is 0 Å². The number of thiophene rings is 1. The van der Waals surface area contributed by atoms with Crippen molar-refractivity contribution in [1.29, 1.82) is 0 Å². The number of aliphatic hydroxyl groups is 1. The first-order valence-electron chi connectivity index (χ1n) is 7.82. The lowest BCUT2D eigenvalue weighted by Crippen LogP contribution is -2.47. The van der Waals surface area contributed by atoms with Crippen LogP contribution in [0.1, 0.15) is 52.7 Å². The van der Waals surface area contributed by atoms with Crippen LogP contribution in [-0.4, -0.2) is 35.9 Å². The van der Waals surface area contributed by atoms with E-state index in [9.17, 15) is 9.90 Å². The van der Waals surface area contributed by atoms with Gasteiger partial charge in [-0.25, -0.2) is 0 Å². The Morgan fingerprint density at radius 1 is 1.48 bits per heavy atom. The van der Waals surface area contributed by atoms with Gasteiger partial charge in [0.2, 0.25) is 0 Å². The minimum atomic E-state index is -0.927. The van der Waals surface area contributed by atoms with E-state index in [0.29, 0.717) is 13.0 Å². The Morgan fingerprint density at radius 3 is 3.05 bits per heavy atom. The molecule has 116 valence electrons. The van der Waals surface area contributed by atoms with E-state index in [0.717, 1.165) is 17.7 Å². The maximum absolute atomic E-state index is 12.3. The molecule has 2 unspecified atom stereocenters. The number of fused-ring (bicyclic) bond motifs is 1. The van der Waals surface area contributed by atoms with E-state index in [2.05, 4.69) is 5.32 Å². The van der Waals surface area contributed by atoms with Gasteiger partial charge < -0.3 is 15.2 Å². The fourth-order valence-electron chi connectivity index (χ4n) is 3.10. The van der Waals surface area contributed by atoms with Crippen molar-refractivity contribution in [3.8, 4) is 0 Å². The smallest absolute Gasteiger partial charge is 0.261 e. The van der Waals surface area contributed by atoms with Crippen molar-refractivity contribution < 1.29 is 14.6 Å². The zero-order valence-corrected chi connectivity index (χ0v) is 13.3. The topological polar surface area (TPSA) is 58.6 Å². The monoisotopic (exact) mass is 309 g/mol. The van der Waals surface area contributed by atoms with Crippen LogP contribution in [0.4, 0.5) is 0 Å². The highest BCUT2D eigenvalue weighted by atomic mass is 32.1. The predicted octanol–water partition coefficient (Wildman–Crippen LogP) is 2.29. The van der Waals surface area contributed by atoms with Gasteiger partial charge in [0.25, 0.3) is 5.91 Å². The maximum atomic E-state index is 12.3. The van der Waals surface area contributed by atoms with Crippen molar-refractivity contribution in [3.63, 3.8) is 0 Å². The van der Waals surface area contributed by atoms with Crippen molar-refractivity contribution in [2.24, 2.45) is 0 Å². The molecule has 1 aliphatic heterocycles. The molecular weight excluding hydrogens is 286 g/mol. The number of carbonyl (C=O) groups is 1. The molecule has 0 saturated carbocycles. The first-order valence-corrected chi connectivity index (χ1v) is 8.64. The molecule has 4 nitrogen and oxygen atoms in total. The summed E-state index contributed by atoms with van der Waals surface area (Å²) in [5.41, 5.74) is 0.420. The number of hydrogen-bond acceptors (Lipinski definition) is 4. The third-order valence-corrected chi connectivity index (χ3v) is 5.92. The molecule has 2 heterocycles. The number of rotatable bonds is 3. The number of hydrogen-bond donors (Lipinski definition) is 2. The van der Waals surface area contributed by atoms with Crippen LogP contribution in [0, 0.1) is 0 Å². The van der Waals surface area contributed by atoms with Crippen LogP contribution < -0.4 is 5.32 Å². The highest BCUT2D eigenvalue weighted by Gasteiger charge is 2.39. The third kappa shape index (κ3) is 3.15. The average molecular weight is 309 g/mol. The molecule has 2 aliphatic rings. The summed E-state index contributed by atoms with van der Waals surface area (Å²) in [6.45, 7) is 2.67. The largest absolute Gasteiger partial charge is 0.385 e. The number of nitrogens with one attached hydrogen (secondary N) is 1. The molecule has 1 aromatic heterocycles. The van der Waals surface area contributed by atoms with E-state index in [-0.39, 0.29) is 18.6 Å². The summed E-state index contributed by atoms with van der Waals surface area (Å²) in [6.07, 6.45) is 6.28. The van der Waals surface area contributed by atoms with E-state index >= 15 is 0 Å². The standard InChI is InChI=1S/C16H23NO3S/c1-11-16(19,7-8-20-11)10-17-15(18)14-9-12-5-3-2-4-6-13(12)21-14/h9,11,19H,2-8,10H2,1H3,(H,17,18). The highest BCUT2D eigenvalue weighted by Crippen LogP contribution is 2.29. The summed E-state index contributed by atoms with van der Waals surface area (Å²) >= 11 is 1.61. The Hall–Kier alpha value is -0.910. The zero-order chi connectivity index (χ0) is 14.9. The van der Waals surface area contributed by atoms with E-state index < -0.39 is 5.60 Å². The number of ether oxygens (including phenoxy) is 1. The molecule has 2 atom stereocenters. The summed E-state index contributed by atoms with van der Waals surface area (Å²) in [6, 6.07) is 2.04. The van der Waals surface area contributed by atoms with Gasteiger partial charge in [0.1, 0.15) is 5.60 Å². The van der Waals surface area contributed by atoms with E-state index in [1.54, 1.807) is 11.3 Å². The molecule has 1 saturated heterocycles. The molecule has 1 fully saturated rings. The molecule has 1 amide bonds. The van der Waals surface area contributed by atoms with Gasteiger partial charge in [-0.1, -0.05) is 6.42 Å². The van der Waals surface area contributed by atoms with Crippen molar-refractivity contribution in [3.05, 3.63) is 21.4 Å². The van der Waals surface area contributed by atoms with Gasteiger partial charge in [-0.2, -0.15) is 0 Å². The SMILES string of the molecule is CC1OCCC1(O)CNC(=O)c1cc2c(s1)CCCCC2. The van der Waals surface area contributed by atoms with Gasteiger partial charge in [0.15, 0.2) is 0 Å². The van der Waals surface area contributed by atoms with E-state index in [4.69, 9.17) is 4.74 Å². The van der Waals surface area contributed by atoms with Gasteiger partial charge in [-0.3, -0.25) is 4.79 Å². The molecule has 5 heteroatoms. The van der Waals surface area contributed by atoms with Crippen molar-refractivity contribution >= 4 is 17.2 Å². The Bertz CT molecular complexity index is 504. The second-order valence-corrected chi connectivity index (χ2v) is 7.31. The molecule has 0 spiro atoms. The van der Waals surface area contributed by atoms with Crippen LogP contribution in [-0.2, 0) is 17.6 Å². The van der Waals surface area contributed by atoms with Crippen molar-refractivity contribution in [1.82, 2.24) is 5.32 Å². The Labute approximate surface area is 129 Å². The van der Waals surface area contributed by atoms with Gasteiger partial charge in [-0.05, 0) is 44.2 Å². The molecule has 0 aromatic carbocycles. The first-order chi connectivity index (χ1) is 10.1. The molecule has 3 rings (SSSR count). The normalized spacial score (nSPS) is 29.0. The summed E-state index contributed by atoms with van der Waals surface area (Å²) in [7, 11) is 0. The Morgan fingerprint density at radius 2 is 2.29 bits per heavy atom. The predicted molar refractivity (Wildman–Crippen MR) is 82.9 cm³/mol. The maximum Gasteiger partial charge on any atom is 0.261 e. The molecular formula is C16H23NO3S. The van der Waals surface area contributed by atoms with Crippen molar-refractivity contribution in [2.45, 2.75) is 57.2 Å². The quantitative estimate of drug-likeness (QED) is 0.842. The van der Waals surface area contributed by atoms with Crippen LogP contribution >= 0.6 is 11.3 Å². The fourth-order valence-corrected chi connectivity index (χ4v) is 4.27. The summed E-state index contributed by atoms with van der Waals surface area (Å²) in [5, 5.41) is 13.3. The zero-order valence-electron chi connectivity index (χ0n) is 12.5. The number of amides is 1. The summed E-state index contributed by atoms with van der Waals surface area (Å²) in [4.78, 5) is 14.4. The van der Waals surface area contributed by atoms with E-state index in [1.165, 1.54) is 29.7 Å². The molecule has 0 bridgehead atoms. The van der Waals surface area contributed by atoms with Crippen LogP contribution in [0.25, 0.3) is 0 Å². The van der Waals surface area contributed by atoms with Gasteiger partial charge in [-0.15, -0.1) is 11.3 Å². The minimum Gasteiger partial charge on any atom is -0.385 e. The average Bonchev–Trinajstić information content (AvgIpc) is 2.94. The van der Waals surface area contributed by atoms with Gasteiger partial charge in [0.05, 0.1) is 11.0 Å². The fraction of sp³-hybridized carbons (Fsp3) is 0.688. The lowest BCUT2D eigenvalue weighted by molar-refractivity contribution is -0.0251. The highest BCUT2D eigenvalue weighted by molar-refractivity contribution is 7.14. The van der Waals surface area contributed by atoms with Crippen molar-refractivity contribution in [2.75, 3.05) is 13.2 Å². The lowest BCUT2D eigenvalue weighted by Gasteiger charge is -2.25. The second kappa shape index (κ2) is 6.07. The summed E-state index contributed by atoms with van der Waals surface area (Å²) < 4.78 is 5.39. The summed E-state index contributed by atoms with van der Waals surface area (Å²) in [5.74, 6) is -0.0689. The lowest BCUT2D eigenvalue weighted by atomic mass is 9.97. The molecule has 1 aromatic rings. The van der Waals surface area contributed by atoms with Crippen LogP contribution in [0.3, 0.4) is 0 Å². The van der Waals surface area contributed by atoms with Crippen LogP contribution in [0.15, 0.2) is 6.07 Å². The minimum absolute atomic E-state index is 0.0689. The van der Waals surface area contributed by atoms with Crippen LogP contribution in [0.5, 0.6) is 0 Å². The third-order valence-electron chi connectivity index (χ3n) is 4.68. The Balaban J connectivity index is 1.63. The van der Waals surface area contributed by atoms with Crippen LogP contribution in [0.2, 0.25) is 0 Å². The molecule has 21 heavy (non-hydrogen) atoms. The van der Waals surface area contributed by atoms with E-state index in [1.807, 2.05) is 13.0 Å². The first kappa shape index (κ1) is 15.0. The molecule has 0 radical (unpaired) electrons. The molecule has 2 N–H and O–H groups in total. The second-order valence-electron chi connectivity index (χ2n) is 6.17. The Kier molecular flexibility index (Phi) is 4.33.